The van der Waals surface area contributed by atoms with E-state index in [1.54, 1.807) is 37.3 Å². The summed E-state index contributed by atoms with van der Waals surface area (Å²) in [4.78, 5) is 4.75. The molecule has 1 aliphatic rings. The van der Waals surface area contributed by atoms with Crippen LogP contribution in [0.3, 0.4) is 0 Å². The van der Waals surface area contributed by atoms with E-state index in [-0.39, 0.29) is 0 Å². The van der Waals surface area contributed by atoms with E-state index in [4.69, 9.17) is 14.5 Å². The van der Waals surface area contributed by atoms with Crippen LogP contribution >= 0.6 is 23.1 Å². The van der Waals surface area contributed by atoms with Gasteiger partial charge < -0.3 is 14.0 Å². The van der Waals surface area contributed by atoms with Gasteiger partial charge in [-0.2, -0.15) is 0 Å². The second-order valence-electron chi connectivity index (χ2n) is 5.75. The van der Waals surface area contributed by atoms with E-state index in [1.165, 1.54) is 12.8 Å². The highest BCUT2D eigenvalue weighted by molar-refractivity contribution is 7.98. The predicted octanol–water partition coefficient (Wildman–Crippen LogP) is 4.05. The lowest BCUT2D eigenvalue weighted by atomic mass is 10.2. The van der Waals surface area contributed by atoms with Gasteiger partial charge >= 0.3 is 0 Å². The zero-order valence-electron chi connectivity index (χ0n) is 14.0. The average Bonchev–Trinajstić information content (AvgIpc) is 3.20. The number of thiazole rings is 1. The van der Waals surface area contributed by atoms with Crippen molar-refractivity contribution in [2.75, 3.05) is 14.2 Å². The number of rotatable bonds is 7. The third-order valence-corrected chi connectivity index (χ3v) is 5.94. The third-order valence-electron chi connectivity index (χ3n) is 4.02. The highest BCUT2D eigenvalue weighted by Gasteiger charge is 2.26. The smallest absolute Gasteiger partial charge is 0.191 e. The van der Waals surface area contributed by atoms with Crippen molar-refractivity contribution in [2.24, 2.45) is 0 Å². The second kappa shape index (κ2) is 7.05. The molecule has 2 heterocycles. The van der Waals surface area contributed by atoms with Crippen molar-refractivity contribution >= 4 is 23.1 Å². The minimum Gasteiger partial charge on any atom is -0.497 e. The minimum absolute atomic E-state index is 0.590. The molecule has 0 N–H and O–H groups in total. The molecule has 0 amide bonds. The van der Waals surface area contributed by atoms with Crippen molar-refractivity contribution in [3.8, 4) is 22.1 Å². The number of ether oxygens (including phenoxy) is 2. The van der Waals surface area contributed by atoms with Crippen molar-refractivity contribution in [3.05, 3.63) is 35.6 Å². The molecule has 0 aliphatic heterocycles. The van der Waals surface area contributed by atoms with Gasteiger partial charge in [0.1, 0.15) is 22.8 Å². The van der Waals surface area contributed by atoms with Crippen LogP contribution in [0.15, 0.2) is 35.1 Å². The first-order valence-electron chi connectivity index (χ1n) is 7.97. The number of nitrogens with zero attached hydrogens (tertiary/aromatic N) is 4. The number of aromatic nitrogens is 4. The van der Waals surface area contributed by atoms with E-state index < -0.39 is 0 Å². The first-order chi connectivity index (χ1) is 12.3. The van der Waals surface area contributed by atoms with Crippen LogP contribution in [0, 0.1) is 0 Å². The number of thioether (sulfide) groups is 1. The molecule has 0 unspecified atom stereocenters. The largest absolute Gasteiger partial charge is 0.497 e. The summed E-state index contributed by atoms with van der Waals surface area (Å²) in [6, 6.07) is 6.37. The lowest BCUT2D eigenvalue weighted by Crippen LogP contribution is -1.95. The Morgan fingerprint density at radius 2 is 2.16 bits per heavy atom. The van der Waals surface area contributed by atoms with Gasteiger partial charge in [0.25, 0.3) is 0 Å². The van der Waals surface area contributed by atoms with E-state index in [0.29, 0.717) is 6.04 Å². The monoisotopic (exact) mass is 374 g/mol. The molecule has 0 atom stereocenters. The van der Waals surface area contributed by atoms with Crippen molar-refractivity contribution in [3.63, 3.8) is 0 Å². The van der Waals surface area contributed by atoms with Crippen LogP contribution in [0.2, 0.25) is 0 Å². The summed E-state index contributed by atoms with van der Waals surface area (Å²) in [5.74, 6) is 2.31. The van der Waals surface area contributed by atoms with Crippen LogP contribution < -0.4 is 9.47 Å². The summed E-state index contributed by atoms with van der Waals surface area (Å²) in [7, 11) is 3.31. The molecule has 0 saturated heterocycles. The maximum absolute atomic E-state index is 5.48. The van der Waals surface area contributed by atoms with Gasteiger partial charge in [-0.1, -0.05) is 11.8 Å². The molecule has 4 rings (SSSR count). The number of hydrogen-bond donors (Lipinski definition) is 0. The van der Waals surface area contributed by atoms with Crippen LogP contribution in [-0.2, 0) is 5.75 Å². The van der Waals surface area contributed by atoms with Gasteiger partial charge in [-0.15, -0.1) is 21.5 Å². The molecule has 0 radical (unpaired) electrons. The fourth-order valence-electron chi connectivity index (χ4n) is 2.55. The van der Waals surface area contributed by atoms with Gasteiger partial charge in [-0.25, -0.2) is 4.98 Å². The van der Waals surface area contributed by atoms with Gasteiger partial charge in [0.15, 0.2) is 5.16 Å². The first kappa shape index (κ1) is 16.4. The normalized spacial score (nSPS) is 13.8. The van der Waals surface area contributed by atoms with Crippen LogP contribution in [0.1, 0.15) is 24.6 Å². The molecule has 0 bridgehead atoms. The van der Waals surface area contributed by atoms with Crippen molar-refractivity contribution in [1.29, 1.82) is 0 Å². The first-order valence-corrected chi connectivity index (χ1v) is 9.84. The Bertz CT molecular complexity index is 873. The van der Waals surface area contributed by atoms with Crippen LogP contribution in [-0.4, -0.2) is 34.0 Å². The van der Waals surface area contributed by atoms with E-state index in [0.717, 1.165) is 38.7 Å². The molecule has 1 fully saturated rings. The van der Waals surface area contributed by atoms with E-state index in [9.17, 15) is 0 Å². The lowest BCUT2D eigenvalue weighted by Gasteiger charge is -2.08. The van der Waals surface area contributed by atoms with Crippen molar-refractivity contribution in [1.82, 2.24) is 19.7 Å². The highest BCUT2D eigenvalue weighted by atomic mass is 32.2. The Morgan fingerprint density at radius 3 is 2.92 bits per heavy atom. The zero-order chi connectivity index (χ0) is 17.2. The van der Waals surface area contributed by atoms with Gasteiger partial charge in [0.2, 0.25) is 0 Å². The topological polar surface area (TPSA) is 62.1 Å². The Hall–Kier alpha value is -2.06. The third kappa shape index (κ3) is 3.50. The number of methoxy groups -OCH3 is 2. The van der Waals surface area contributed by atoms with E-state index >= 15 is 0 Å². The maximum Gasteiger partial charge on any atom is 0.191 e. The van der Waals surface area contributed by atoms with E-state index in [2.05, 4.69) is 20.1 Å². The van der Waals surface area contributed by atoms with Crippen LogP contribution in [0.5, 0.6) is 11.5 Å². The Labute approximate surface area is 154 Å². The van der Waals surface area contributed by atoms with Crippen LogP contribution in [0.25, 0.3) is 10.6 Å². The van der Waals surface area contributed by atoms with E-state index in [1.807, 2.05) is 24.5 Å². The quantitative estimate of drug-likeness (QED) is 0.582. The second-order valence-corrected chi connectivity index (χ2v) is 7.55. The molecule has 1 aromatic carbocycles. The molecular weight excluding hydrogens is 356 g/mol. The van der Waals surface area contributed by atoms with Crippen LogP contribution in [0.4, 0.5) is 0 Å². The summed E-state index contributed by atoms with van der Waals surface area (Å²) >= 11 is 3.30. The highest BCUT2D eigenvalue weighted by Crippen LogP contribution is 2.38. The predicted molar refractivity (Wildman–Crippen MR) is 98.5 cm³/mol. The van der Waals surface area contributed by atoms with Gasteiger partial charge in [0, 0.05) is 23.2 Å². The molecule has 2 aromatic heterocycles. The lowest BCUT2D eigenvalue weighted by molar-refractivity contribution is 0.395. The Balaban J connectivity index is 1.49. The Morgan fingerprint density at radius 1 is 1.28 bits per heavy atom. The average molecular weight is 374 g/mol. The Kier molecular flexibility index (Phi) is 4.63. The fourth-order valence-corrected chi connectivity index (χ4v) is 4.38. The standard InChI is InChI=1S/C17H18N4O2S2/c1-22-13-5-6-14(15(7-13)23-2)16-19-11(8-24-16)9-25-17-20-18-10-21(17)12-3-4-12/h5-8,10,12H,3-4,9H2,1-2H3. The molecule has 1 aliphatic carbocycles. The zero-order valence-corrected chi connectivity index (χ0v) is 15.6. The fraction of sp³-hybridized carbons (Fsp3) is 0.353. The van der Waals surface area contributed by atoms with Gasteiger partial charge in [-0.05, 0) is 25.0 Å². The number of benzene rings is 1. The maximum atomic E-state index is 5.48. The summed E-state index contributed by atoms with van der Waals surface area (Å²) in [5.41, 5.74) is 2.01. The molecule has 0 spiro atoms. The molecule has 130 valence electrons. The summed E-state index contributed by atoms with van der Waals surface area (Å²) in [5, 5.41) is 12.3. The molecule has 6 nitrogen and oxygen atoms in total. The SMILES string of the molecule is COc1ccc(-c2nc(CSc3nncn3C3CC3)cs2)c(OC)c1. The van der Waals surface area contributed by atoms with Gasteiger partial charge in [-0.3, -0.25) is 0 Å². The van der Waals surface area contributed by atoms with Crippen molar-refractivity contribution < 1.29 is 9.47 Å². The van der Waals surface area contributed by atoms with Crippen molar-refractivity contribution in [2.45, 2.75) is 29.8 Å². The summed E-state index contributed by atoms with van der Waals surface area (Å²) in [6.07, 6.45) is 4.28. The molecule has 1 saturated carbocycles. The molecule has 25 heavy (non-hydrogen) atoms. The van der Waals surface area contributed by atoms with Gasteiger partial charge in [0.05, 0.1) is 25.5 Å². The molecular formula is C17H18N4O2S2. The molecule has 3 aromatic rings. The summed E-state index contributed by atoms with van der Waals surface area (Å²) < 4.78 is 12.9. The molecule has 8 heteroatoms. The summed E-state index contributed by atoms with van der Waals surface area (Å²) in [6.45, 7) is 0. The minimum atomic E-state index is 0.590. The number of hydrogen-bond acceptors (Lipinski definition) is 7.